The van der Waals surface area contributed by atoms with Gasteiger partial charge in [0.2, 0.25) is 0 Å². The van der Waals surface area contributed by atoms with Gasteiger partial charge in [0.25, 0.3) is 5.91 Å². The lowest BCUT2D eigenvalue weighted by atomic mass is 10.1. The van der Waals surface area contributed by atoms with E-state index in [1.54, 1.807) is 24.5 Å². The van der Waals surface area contributed by atoms with Gasteiger partial charge in [-0.25, -0.2) is 4.39 Å². The van der Waals surface area contributed by atoms with Crippen LogP contribution in [0.25, 0.3) is 0 Å². The van der Waals surface area contributed by atoms with Gasteiger partial charge in [0.15, 0.2) is 0 Å². The molecule has 1 fully saturated rings. The van der Waals surface area contributed by atoms with Crippen molar-refractivity contribution in [2.75, 3.05) is 38.1 Å². The smallest absolute Gasteiger partial charge is 0.253 e. The van der Waals surface area contributed by atoms with Crippen LogP contribution in [-0.4, -0.2) is 44.0 Å². The fourth-order valence-corrected chi connectivity index (χ4v) is 2.69. The second-order valence-electron chi connectivity index (χ2n) is 5.71. The molecule has 1 N–H and O–H groups in total. The first-order chi connectivity index (χ1) is 11.1. The number of halogens is 1. The van der Waals surface area contributed by atoms with E-state index in [4.69, 9.17) is 4.42 Å². The minimum Gasteiger partial charge on any atom is -0.467 e. The van der Waals surface area contributed by atoms with Gasteiger partial charge in [0.05, 0.1) is 18.4 Å². The Labute approximate surface area is 134 Å². The summed E-state index contributed by atoms with van der Waals surface area (Å²) in [5, 5.41) is 2.78. The van der Waals surface area contributed by atoms with Crippen molar-refractivity contribution in [3.05, 3.63) is 53.7 Å². The number of carbonyl (C=O) groups is 1. The topological polar surface area (TPSA) is 48.7 Å². The third-order valence-electron chi connectivity index (χ3n) is 4.05. The second kappa shape index (κ2) is 6.83. The Hall–Kier alpha value is -2.34. The van der Waals surface area contributed by atoms with Gasteiger partial charge in [0.1, 0.15) is 11.6 Å². The van der Waals surface area contributed by atoms with Crippen LogP contribution < -0.4 is 10.2 Å². The predicted octanol–water partition coefficient (Wildman–Crippen LogP) is 2.10. The highest BCUT2D eigenvalue weighted by Gasteiger charge is 2.20. The Bertz CT molecular complexity index is 664. The average molecular weight is 317 g/mol. The molecule has 0 aliphatic carbocycles. The predicted molar refractivity (Wildman–Crippen MR) is 86.0 cm³/mol. The van der Waals surface area contributed by atoms with E-state index < -0.39 is 5.82 Å². The molecule has 6 heteroatoms. The van der Waals surface area contributed by atoms with Crippen LogP contribution in [0.5, 0.6) is 0 Å². The number of amides is 1. The minimum absolute atomic E-state index is 0.282. The van der Waals surface area contributed by atoms with Crippen molar-refractivity contribution in [1.29, 1.82) is 0 Å². The molecule has 0 spiro atoms. The van der Waals surface area contributed by atoms with Gasteiger partial charge in [-0.2, -0.15) is 0 Å². The molecule has 5 nitrogen and oxygen atoms in total. The van der Waals surface area contributed by atoms with E-state index in [9.17, 15) is 9.18 Å². The van der Waals surface area contributed by atoms with Crippen molar-refractivity contribution in [1.82, 2.24) is 10.2 Å². The lowest BCUT2D eigenvalue weighted by Gasteiger charge is -2.35. The van der Waals surface area contributed by atoms with Crippen LogP contribution in [0.2, 0.25) is 0 Å². The Kier molecular flexibility index (Phi) is 4.62. The third-order valence-corrected chi connectivity index (χ3v) is 4.05. The first-order valence-corrected chi connectivity index (χ1v) is 7.67. The minimum atomic E-state index is -0.411. The number of carbonyl (C=O) groups excluding carboxylic acids is 1. The maximum absolute atomic E-state index is 13.6. The van der Waals surface area contributed by atoms with Crippen molar-refractivity contribution in [2.24, 2.45) is 0 Å². The summed E-state index contributed by atoms with van der Waals surface area (Å²) in [4.78, 5) is 16.8. The van der Waals surface area contributed by atoms with Gasteiger partial charge < -0.3 is 19.5 Å². The molecule has 23 heavy (non-hydrogen) atoms. The summed E-state index contributed by atoms with van der Waals surface area (Å²) in [5.74, 6) is -0.0447. The molecule has 1 aromatic heterocycles. The molecule has 3 rings (SSSR count). The molecular weight excluding hydrogens is 297 g/mol. The second-order valence-corrected chi connectivity index (χ2v) is 5.71. The Morgan fingerprint density at radius 3 is 2.74 bits per heavy atom. The molecule has 2 heterocycles. The number of likely N-dealkylation sites (N-methyl/N-ethyl adjacent to an activating group) is 1. The highest BCUT2D eigenvalue weighted by molar-refractivity contribution is 5.99. The molecule has 0 unspecified atom stereocenters. The maximum Gasteiger partial charge on any atom is 0.253 e. The lowest BCUT2D eigenvalue weighted by Crippen LogP contribution is -2.45. The number of anilines is 1. The van der Waals surface area contributed by atoms with Gasteiger partial charge >= 0.3 is 0 Å². The van der Waals surface area contributed by atoms with Gasteiger partial charge in [-0.1, -0.05) is 0 Å². The summed E-state index contributed by atoms with van der Waals surface area (Å²) in [6.45, 7) is 3.77. The fraction of sp³-hybridized carbons (Fsp3) is 0.353. The van der Waals surface area contributed by atoms with E-state index in [0.717, 1.165) is 31.9 Å². The Balaban J connectivity index is 1.76. The monoisotopic (exact) mass is 317 g/mol. The van der Waals surface area contributed by atoms with Crippen LogP contribution >= 0.6 is 0 Å². The van der Waals surface area contributed by atoms with Crippen LogP contribution in [0.1, 0.15) is 16.1 Å². The van der Waals surface area contributed by atoms with E-state index in [1.807, 2.05) is 0 Å². The summed E-state index contributed by atoms with van der Waals surface area (Å²) in [6.07, 6.45) is 1.55. The lowest BCUT2D eigenvalue weighted by molar-refractivity contribution is 0.0948. The normalized spacial score (nSPS) is 15.7. The molecule has 0 saturated carbocycles. The number of rotatable bonds is 4. The molecule has 1 amide bonds. The number of piperazine rings is 1. The van der Waals surface area contributed by atoms with Crippen molar-refractivity contribution in [2.45, 2.75) is 6.54 Å². The zero-order valence-corrected chi connectivity index (χ0v) is 13.1. The molecule has 0 radical (unpaired) electrons. The van der Waals surface area contributed by atoms with E-state index in [1.165, 1.54) is 12.1 Å². The van der Waals surface area contributed by atoms with Crippen molar-refractivity contribution in [3.63, 3.8) is 0 Å². The van der Waals surface area contributed by atoms with Gasteiger partial charge in [-0.05, 0) is 37.4 Å². The van der Waals surface area contributed by atoms with E-state index >= 15 is 0 Å². The number of nitrogens with zero attached hydrogens (tertiary/aromatic N) is 2. The van der Waals surface area contributed by atoms with Crippen LogP contribution in [0.4, 0.5) is 10.1 Å². The molecule has 1 aromatic carbocycles. The van der Waals surface area contributed by atoms with Gasteiger partial charge in [0, 0.05) is 31.9 Å². The van der Waals surface area contributed by atoms with Crippen LogP contribution in [-0.2, 0) is 6.54 Å². The standard InChI is InChI=1S/C17H20FN3O2/c1-20-6-8-21(9-7-20)16-5-4-13(18)11-15(16)17(22)19-12-14-3-2-10-23-14/h2-5,10-11H,6-9,12H2,1H3,(H,19,22). The molecule has 0 bridgehead atoms. The fourth-order valence-electron chi connectivity index (χ4n) is 2.69. The first-order valence-electron chi connectivity index (χ1n) is 7.67. The molecule has 1 aliphatic rings. The van der Waals surface area contributed by atoms with Crippen molar-refractivity contribution < 1.29 is 13.6 Å². The summed E-state index contributed by atoms with van der Waals surface area (Å²) < 4.78 is 18.8. The Morgan fingerprint density at radius 1 is 1.26 bits per heavy atom. The highest BCUT2D eigenvalue weighted by atomic mass is 19.1. The number of furan rings is 1. The molecule has 122 valence electrons. The molecule has 1 aliphatic heterocycles. The van der Waals surface area contributed by atoms with E-state index in [2.05, 4.69) is 22.2 Å². The van der Waals surface area contributed by atoms with E-state index in [-0.39, 0.29) is 12.5 Å². The SMILES string of the molecule is CN1CCN(c2ccc(F)cc2C(=O)NCc2ccco2)CC1. The van der Waals surface area contributed by atoms with Gasteiger partial charge in [-0.3, -0.25) is 4.79 Å². The zero-order valence-electron chi connectivity index (χ0n) is 13.1. The zero-order chi connectivity index (χ0) is 16.2. The van der Waals surface area contributed by atoms with E-state index in [0.29, 0.717) is 11.3 Å². The largest absolute Gasteiger partial charge is 0.467 e. The van der Waals surface area contributed by atoms with Gasteiger partial charge in [-0.15, -0.1) is 0 Å². The summed E-state index contributed by atoms with van der Waals surface area (Å²) in [5.41, 5.74) is 1.14. The summed E-state index contributed by atoms with van der Waals surface area (Å²) in [7, 11) is 2.07. The quantitative estimate of drug-likeness (QED) is 0.938. The summed E-state index contributed by atoms with van der Waals surface area (Å²) in [6, 6.07) is 7.93. The van der Waals surface area contributed by atoms with Crippen molar-refractivity contribution in [3.8, 4) is 0 Å². The summed E-state index contributed by atoms with van der Waals surface area (Å²) >= 11 is 0. The average Bonchev–Trinajstić information content (AvgIpc) is 3.07. The molecular formula is C17H20FN3O2. The first kappa shape index (κ1) is 15.6. The number of benzene rings is 1. The molecule has 1 saturated heterocycles. The van der Waals surface area contributed by atoms with Crippen molar-refractivity contribution >= 4 is 11.6 Å². The molecule has 2 aromatic rings. The highest BCUT2D eigenvalue weighted by Crippen LogP contribution is 2.23. The Morgan fingerprint density at radius 2 is 2.04 bits per heavy atom. The van der Waals surface area contributed by atoms with Crippen LogP contribution in [0, 0.1) is 5.82 Å². The van der Waals surface area contributed by atoms with Crippen LogP contribution in [0.3, 0.4) is 0 Å². The molecule has 0 atom stereocenters. The van der Waals surface area contributed by atoms with Crippen LogP contribution in [0.15, 0.2) is 41.0 Å². The number of nitrogens with one attached hydrogen (secondary N) is 1. The number of hydrogen-bond donors (Lipinski definition) is 1. The third kappa shape index (κ3) is 3.71. The number of hydrogen-bond acceptors (Lipinski definition) is 4. The maximum atomic E-state index is 13.6.